The van der Waals surface area contributed by atoms with Gasteiger partial charge in [0, 0.05) is 24.3 Å². The SMILES string of the molecule is Cc1nnc2n1CCC[C@@H]2C(=O)Nc1ccc(C[C@@H]2CC[C@H]([C@H](O)c3ccccc3)N2)cc1. The van der Waals surface area contributed by atoms with Crippen molar-refractivity contribution in [1.82, 2.24) is 20.1 Å². The molecule has 3 heterocycles. The molecule has 7 nitrogen and oxygen atoms in total. The summed E-state index contributed by atoms with van der Waals surface area (Å²) in [7, 11) is 0. The number of carbonyl (C=O) groups excluding carboxylic acids is 1. The van der Waals surface area contributed by atoms with Gasteiger partial charge in [0.1, 0.15) is 11.6 Å². The Morgan fingerprint density at radius 3 is 2.70 bits per heavy atom. The zero-order chi connectivity index (χ0) is 22.8. The van der Waals surface area contributed by atoms with Crippen LogP contribution in [-0.4, -0.2) is 37.9 Å². The van der Waals surface area contributed by atoms with Crippen LogP contribution < -0.4 is 10.6 Å². The zero-order valence-corrected chi connectivity index (χ0v) is 18.9. The van der Waals surface area contributed by atoms with Crippen molar-refractivity contribution in [3.8, 4) is 0 Å². The Bertz CT molecular complexity index is 1100. The van der Waals surface area contributed by atoms with E-state index in [1.165, 1.54) is 5.56 Å². The summed E-state index contributed by atoms with van der Waals surface area (Å²) in [4.78, 5) is 12.9. The number of amides is 1. The van der Waals surface area contributed by atoms with Crippen LogP contribution in [0.2, 0.25) is 0 Å². The van der Waals surface area contributed by atoms with Crippen molar-refractivity contribution in [2.45, 2.75) is 69.7 Å². The molecule has 5 rings (SSSR count). The van der Waals surface area contributed by atoms with E-state index >= 15 is 0 Å². The molecule has 1 aromatic heterocycles. The molecule has 7 heteroatoms. The number of anilines is 1. The van der Waals surface area contributed by atoms with E-state index < -0.39 is 6.10 Å². The third kappa shape index (κ3) is 4.70. The predicted molar refractivity (Wildman–Crippen MR) is 127 cm³/mol. The molecule has 0 bridgehead atoms. The van der Waals surface area contributed by atoms with Crippen LogP contribution in [0.4, 0.5) is 5.69 Å². The van der Waals surface area contributed by atoms with Crippen molar-refractivity contribution >= 4 is 11.6 Å². The summed E-state index contributed by atoms with van der Waals surface area (Å²) >= 11 is 0. The molecule has 2 aliphatic heterocycles. The van der Waals surface area contributed by atoms with Crippen molar-refractivity contribution in [2.75, 3.05) is 5.32 Å². The number of hydrogen-bond acceptors (Lipinski definition) is 5. The molecule has 172 valence electrons. The number of nitrogens with one attached hydrogen (secondary N) is 2. The molecule has 1 saturated heterocycles. The van der Waals surface area contributed by atoms with Gasteiger partial charge in [0.05, 0.1) is 12.0 Å². The van der Waals surface area contributed by atoms with Crippen LogP contribution in [-0.2, 0) is 17.8 Å². The number of carbonyl (C=O) groups is 1. The Morgan fingerprint density at radius 2 is 1.91 bits per heavy atom. The van der Waals surface area contributed by atoms with E-state index in [2.05, 4.69) is 33.0 Å². The summed E-state index contributed by atoms with van der Waals surface area (Å²) in [6, 6.07) is 18.4. The Balaban J connectivity index is 1.16. The van der Waals surface area contributed by atoms with Crippen molar-refractivity contribution in [1.29, 1.82) is 0 Å². The molecule has 1 fully saturated rings. The van der Waals surface area contributed by atoms with E-state index in [-0.39, 0.29) is 17.9 Å². The van der Waals surface area contributed by atoms with Gasteiger partial charge in [-0.1, -0.05) is 42.5 Å². The highest BCUT2D eigenvalue weighted by atomic mass is 16.3. The molecular weight excluding hydrogens is 414 g/mol. The number of rotatable bonds is 6. The minimum Gasteiger partial charge on any atom is -0.387 e. The second-order valence-electron chi connectivity index (χ2n) is 9.25. The first kappa shape index (κ1) is 21.8. The van der Waals surface area contributed by atoms with Crippen LogP contribution in [0.15, 0.2) is 54.6 Å². The average Bonchev–Trinajstić information content (AvgIpc) is 3.47. The van der Waals surface area contributed by atoms with E-state index in [0.717, 1.165) is 61.5 Å². The number of aromatic nitrogens is 3. The fraction of sp³-hybridized carbons (Fsp3) is 0.423. The number of hydrogen-bond donors (Lipinski definition) is 3. The summed E-state index contributed by atoms with van der Waals surface area (Å²) in [5.74, 6) is 1.36. The van der Waals surface area contributed by atoms with Gasteiger partial charge in [0.15, 0.2) is 0 Å². The van der Waals surface area contributed by atoms with Gasteiger partial charge in [0.2, 0.25) is 5.91 Å². The number of nitrogens with zero attached hydrogens (tertiary/aromatic N) is 3. The standard InChI is InChI=1S/C26H31N5O2/c1-17-29-30-25-22(8-5-15-31(17)25)26(33)28-20-11-9-18(10-12-20)16-21-13-14-23(27-21)24(32)19-6-3-2-4-7-19/h2-4,6-7,9-12,21-24,27,32H,5,8,13-16H2,1H3,(H,28,33)/t21-,22-,23+,24+/m0/s1. The normalized spacial score (nSPS) is 23.2. The Morgan fingerprint density at radius 1 is 1.12 bits per heavy atom. The largest absolute Gasteiger partial charge is 0.387 e. The monoisotopic (exact) mass is 445 g/mol. The predicted octanol–water partition coefficient (Wildman–Crippen LogP) is 3.50. The molecule has 4 atom stereocenters. The lowest BCUT2D eigenvalue weighted by Crippen LogP contribution is -2.35. The summed E-state index contributed by atoms with van der Waals surface area (Å²) < 4.78 is 2.05. The number of benzene rings is 2. The lowest BCUT2D eigenvalue weighted by molar-refractivity contribution is -0.118. The third-order valence-electron chi connectivity index (χ3n) is 6.97. The number of fused-ring (bicyclic) bond motifs is 1. The zero-order valence-electron chi connectivity index (χ0n) is 18.9. The molecule has 33 heavy (non-hydrogen) atoms. The molecule has 0 aliphatic carbocycles. The van der Waals surface area contributed by atoms with Crippen LogP contribution in [0, 0.1) is 6.92 Å². The Hall–Kier alpha value is -3.03. The Labute approximate surface area is 194 Å². The first-order valence-corrected chi connectivity index (χ1v) is 11.9. The highest BCUT2D eigenvalue weighted by Crippen LogP contribution is 2.29. The van der Waals surface area contributed by atoms with Crippen molar-refractivity contribution < 1.29 is 9.90 Å². The van der Waals surface area contributed by atoms with Crippen LogP contribution in [0.1, 0.15) is 60.5 Å². The maximum Gasteiger partial charge on any atom is 0.235 e. The second kappa shape index (κ2) is 9.45. The maximum atomic E-state index is 12.9. The molecule has 0 saturated carbocycles. The molecular formula is C26H31N5O2. The Kier molecular flexibility index (Phi) is 6.24. The van der Waals surface area contributed by atoms with E-state index in [0.29, 0.717) is 6.04 Å². The van der Waals surface area contributed by atoms with Gasteiger partial charge in [-0.2, -0.15) is 0 Å². The van der Waals surface area contributed by atoms with Gasteiger partial charge in [-0.15, -0.1) is 10.2 Å². The smallest absolute Gasteiger partial charge is 0.235 e. The molecule has 2 aliphatic rings. The lowest BCUT2D eigenvalue weighted by atomic mass is 9.97. The first-order valence-electron chi connectivity index (χ1n) is 11.9. The average molecular weight is 446 g/mol. The van der Waals surface area contributed by atoms with Gasteiger partial charge in [0.25, 0.3) is 0 Å². The van der Waals surface area contributed by atoms with Crippen molar-refractivity contribution in [2.24, 2.45) is 0 Å². The van der Waals surface area contributed by atoms with E-state index in [4.69, 9.17) is 0 Å². The summed E-state index contributed by atoms with van der Waals surface area (Å²) in [6.45, 7) is 2.81. The minimum atomic E-state index is -0.483. The van der Waals surface area contributed by atoms with E-state index in [9.17, 15) is 9.90 Å². The fourth-order valence-corrected chi connectivity index (χ4v) is 5.14. The summed E-state index contributed by atoms with van der Waals surface area (Å²) in [6.07, 6.45) is 4.16. The van der Waals surface area contributed by atoms with Crippen LogP contribution in [0.3, 0.4) is 0 Å². The summed E-state index contributed by atoms with van der Waals surface area (Å²) in [5, 5.41) is 25.7. The molecule has 1 amide bonds. The number of aryl methyl sites for hydroxylation is 1. The van der Waals surface area contributed by atoms with E-state index in [1.54, 1.807) is 0 Å². The third-order valence-corrected chi connectivity index (χ3v) is 6.97. The molecule has 3 N–H and O–H groups in total. The maximum absolute atomic E-state index is 12.9. The quantitative estimate of drug-likeness (QED) is 0.540. The number of aliphatic hydroxyl groups is 1. The van der Waals surface area contributed by atoms with Crippen molar-refractivity contribution in [3.63, 3.8) is 0 Å². The first-order chi connectivity index (χ1) is 16.1. The van der Waals surface area contributed by atoms with Gasteiger partial charge in [-0.25, -0.2) is 0 Å². The number of aliphatic hydroxyl groups excluding tert-OH is 1. The molecule has 2 aromatic carbocycles. The molecule has 0 radical (unpaired) electrons. The van der Waals surface area contributed by atoms with Gasteiger partial charge >= 0.3 is 0 Å². The van der Waals surface area contributed by atoms with Crippen LogP contribution in [0.25, 0.3) is 0 Å². The molecule has 0 unspecified atom stereocenters. The van der Waals surface area contributed by atoms with Crippen molar-refractivity contribution in [3.05, 3.63) is 77.4 Å². The lowest BCUT2D eigenvalue weighted by Gasteiger charge is -2.22. The highest BCUT2D eigenvalue weighted by Gasteiger charge is 2.31. The fourth-order valence-electron chi connectivity index (χ4n) is 5.14. The van der Waals surface area contributed by atoms with Crippen LogP contribution >= 0.6 is 0 Å². The second-order valence-corrected chi connectivity index (χ2v) is 9.25. The van der Waals surface area contributed by atoms with E-state index in [1.807, 2.05) is 54.0 Å². The topological polar surface area (TPSA) is 92.1 Å². The highest BCUT2D eigenvalue weighted by molar-refractivity contribution is 5.95. The van der Waals surface area contributed by atoms with Gasteiger partial charge in [-0.3, -0.25) is 4.79 Å². The molecule has 3 aromatic rings. The van der Waals surface area contributed by atoms with Gasteiger partial charge in [-0.05, 0) is 62.3 Å². The van der Waals surface area contributed by atoms with Gasteiger partial charge < -0.3 is 20.3 Å². The van der Waals surface area contributed by atoms with Crippen LogP contribution in [0.5, 0.6) is 0 Å². The minimum absolute atomic E-state index is 0.0219. The summed E-state index contributed by atoms with van der Waals surface area (Å²) in [5.41, 5.74) is 2.98. The molecule has 0 spiro atoms.